The zero-order valence-corrected chi connectivity index (χ0v) is 10.6. The minimum absolute atomic E-state index is 0.0975. The van der Waals surface area contributed by atoms with Crippen LogP contribution in [0.25, 0.3) is 0 Å². The van der Waals surface area contributed by atoms with Crippen molar-refractivity contribution in [1.82, 2.24) is 0 Å². The molecule has 0 bridgehead atoms. The molecule has 0 heterocycles. The molecular weight excluding hydrogens is 256 g/mol. The Morgan fingerprint density at radius 1 is 1.53 bits per heavy atom. The predicted molar refractivity (Wildman–Crippen MR) is 68.0 cm³/mol. The zero-order chi connectivity index (χ0) is 11.5. The van der Waals surface area contributed by atoms with Crippen LogP contribution in [-0.4, -0.2) is 17.3 Å². The summed E-state index contributed by atoms with van der Waals surface area (Å²) in [6.07, 6.45) is 0.848. The quantitative estimate of drug-likeness (QED) is 0.739. The molecule has 0 aromatic heterocycles. The highest BCUT2D eigenvalue weighted by molar-refractivity contribution is 9.10. The standard InChI is InChI=1S/C11H17BrN2O/c1-3-11(2,7-15)14-10-5-4-8(13)6-9(10)12/h4-6,14-15H,3,7,13H2,1-2H3. The van der Waals surface area contributed by atoms with E-state index in [1.807, 2.05) is 32.0 Å². The van der Waals surface area contributed by atoms with Gasteiger partial charge >= 0.3 is 0 Å². The third kappa shape index (κ3) is 3.11. The van der Waals surface area contributed by atoms with Crippen molar-refractivity contribution in [2.45, 2.75) is 25.8 Å². The van der Waals surface area contributed by atoms with Crippen molar-refractivity contribution in [3.63, 3.8) is 0 Å². The Balaban J connectivity index is 2.89. The average molecular weight is 273 g/mol. The monoisotopic (exact) mass is 272 g/mol. The van der Waals surface area contributed by atoms with Crippen molar-refractivity contribution in [2.75, 3.05) is 17.7 Å². The first-order valence-corrected chi connectivity index (χ1v) is 5.74. The predicted octanol–water partition coefficient (Wildman–Crippen LogP) is 2.60. The maximum Gasteiger partial charge on any atom is 0.0658 e. The van der Waals surface area contributed by atoms with E-state index in [1.54, 1.807) is 0 Å². The minimum Gasteiger partial charge on any atom is -0.399 e. The van der Waals surface area contributed by atoms with Gasteiger partial charge in [-0.05, 0) is 47.5 Å². The van der Waals surface area contributed by atoms with E-state index >= 15 is 0 Å². The largest absolute Gasteiger partial charge is 0.399 e. The van der Waals surface area contributed by atoms with Gasteiger partial charge in [0, 0.05) is 15.8 Å². The SMILES string of the molecule is CCC(C)(CO)Nc1ccc(N)cc1Br. The fourth-order valence-corrected chi connectivity index (χ4v) is 1.69. The summed E-state index contributed by atoms with van der Waals surface area (Å²) >= 11 is 3.43. The smallest absolute Gasteiger partial charge is 0.0658 e. The topological polar surface area (TPSA) is 58.3 Å². The van der Waals surface area contributed by atoms with Gasteiger partial charge in [-0.1, -0.05) is 6.92 Å². The lowest BCUT2D eigenvalue weighted by Gasteiger charge is -2.29. The molecule has 4 N–H and O–H groups in total. The first kappa shape index (κ1) is 12.3. The number of nitrogens with one attached hydrogen (secondary N) is 1. The number of hydrogen-bond donors (Lipinski definition) is 3. The molecule has 15 heavy (non-hydrogen) atoms. The molecule has 0 saturated carbocycles. The summed E-state index contributed by atoms with van der Waals surface area (Å²) in [7, 11) is 0. The minimum atomic E-state index is -0.293. The van der Waals surface area contributed by atoms with Crippen LogP contribution in [0.3, 0.4) is 0 Å². The fourth-order valence-electron chi connectivity index (χ4n) is 1.20. The summed E-state index contributed by atoms with van der Waals surface area (Å²) in [6.45, 7) is 4.12. The first-order chi connectivity index (χ1) is 7.00. The Morgan fingerprint density at radius 3 is 2.67 bits per heavy atom. The zero-order valence-electron chi connectivity index (χ0n) is 9.05. The van der Waals surface area contributed by atoms with Crippen LogP contribution in [-0.2, 0) is 0 Å². The van der Waals surface area contributed by atoms with Crippen LogP contribution in [0.5, 0.6) is 0 Å². The van der Waals surface area contributed by atoms with Gasteiger partial charge in [0.05, 0.1) is 12.1 Å². The van der Waals surface area contributed by atoms with Crippen LogP contribution in [0, 0.1) is 0 Å². The third-order valence-corrected chi connectivity index (χ3v) is 3.21. The van der Waals surface area contributed by atoms with E-state index in [0.717, 1.165) is 22.3 Å². The van der Waals surface area contributed by atoms with Gasteiger partial charge in [-0.3, -0.25) is 0 Å². The molecule has 1 aromatic carbocycles. The molecule has 0 aliphatic rings. The Kier molecular flexibility index (Phi) is 3.99. The van der Waals surface area contributed by atoms with E-state index in [1.165, 1.54) is 0 Å². The summed E-state index contributed by atoms with van der Waals surface area (Å²) in [6, 6.07) is 5.58. The summed E-state index contributed by atoms with van der Waals surface area (Å²) in [5.74, 6) is 0. The van der Waals surface area contributed by atoms with Gasteiger partial charge in [0.25, 0.3) is 0 Å². The molecule has 0 fully saturated rings. The molecule has 0 spiro atoms. The molecule has 0 aliphatic heterocycles. The highest BCUT2D eigenvalue weighted by Gasteiger charge is 2.21. The molecule has 0 radical (unpaired) electrons. The lowest BCUT2D eigenvalue weighted by molar-refractivity contribution is 0.219. The average Bonchev–Trinajstić information content (AvgIpc) is 2.22. The number of rotatable bonds is 4. The number of nitrogen functional groups attached to an aromatic ring is 1. The van der Waals surface area contributed by atoms with Crippen molar-refractivity contribution in [3.05, 3.63) is 22.7 Å². The molecule has 1 aromatic rings. The molecule has 84 valence electrons. The van der Waals surface area contributed by atoms with Crippen molar-refractivity contribution in [3.8, 4) is 0 Å². The second-order valence-corrected chi connectivity index (χ2v) is 4.79. The van der Waals surface area contributed by atoms with Gasteiger partial charge in [-0.25, -0.2) is 0 Å². The van der Waals surface area contributed by atoms with Gasteiger partial charge in [0.1, 0.15) is 0 Å². The fraction of sp³-hybridized carbons (Fsp3) is 0.455. The van der Waals surface area contributed by atoms with Crippen LogP contribution < -0.4 is 11.1 Å². The number of nitrogens with two attached hydrogens (primary N) is 1. The number of benzene rings is 1. The first-order valence-electron chi connectivity index (χ1n) is 4.95. The molecule has 0 amide bonds. The molecule has 4 heteroatoms. The van der Waals surface area contributed by atoms with Crippen LogP contribution >= 0.6 is 15.9 Å². The van der Waals surface area contributed by atoms with E-state index in [9.17, 15) is 5.11 Å². The van der Waals surface area contributed by atoms with E-state index in [2.05, 4.69) is 21.2 Å². The second-order valence-electron chi connectivity index (χ2n) is 3.94. The number of halogens is 1. The van der Waals surface area contributed by atoms with Gasteiger partial charge in [0.15, 0.2) is 0 Å². The Hall–Kier alpha value is -0.740. The van der Waals surface area contributed by atoms with Crippen molar-refractivity contribution < 1.29 is 5.11 Å². The van der Waals surface area contributed by atoms with Gasteiger partial charge in [-0.15, -0.1) is 0 Å². The lowest BCUT2D eigenvalue weighted by atomic mass is 10.00. The Labute approximate surface area is 98.8 Å². The van der Waals surface area contributed by atoms with E-state index in [-0.39, 0.29) is 12.1 Å². The maximum atomic E-state index is 9.29. The summed E-state index contributed by atoms with van der Waals surface area (Å²) in [5.41, 5.74) is 7.02. The Morgan fingerprint density at radius 2 is 2.20 bits per heavy atom. The second kappa shape index (κ2) is 4.86. The molecular formula is C11H17BrN2O. The molecule has 0 aliphatic carbocycles. The number of aliphatic hydroxyl groups is 1. The van der Waals surface area contributed by atoms with Gasteiger partial charge < -0.3 is 16.2 Å². The number of aliphatic hydroxyl groups excluding tert-OH is 1. The van der Waals surface area contributed by atoms with Crippen LogP contribution in [0.15, 0.2) is 22.7 Å². The van der Waals surface area contributed by atoms with Gasteiger partial charge in [0.2, 0.25) is 0 Å². The molecule has 1 atom stereocenters. The highest BCUT2D eigenvalue weighted by Crippen LogP contribution is 2.28. The summed E-state index contributed by atoms with van der Waals surface area (Å²) in [5, 5.41) is 12.6. The van der Waals surface area contributed by atoms with Crippen molar-refractivity contribution in [2.24, 2.45) is 0 Å². The molecule has 0 saturated heterocycles. The molecule has 1 rings (SSSR count). The number of hydrogen-bond acceptors (Lipinski definition) is 3. The highest BCUT2D eigenvalue weighted by atomic mass is 79.9. The maximum absolute atomic E-state index is 9.29. The normalized spacial score (nSPS) is 14.7. The summed E-state index contributed by atoms with van der Waals surface area (Å²) < 4.78 is 0.913. The van der Waals surface area contributed by atoms with E-state index < -0.39 is 0 Å². The van der Waals surface area contributed by atoms with E-state index in [4.69, 9.17) is 5.73 Å². The van der Waals surface area contributed by atoms with E-state index in [0.29, 0.717) is 0 Å². The van der Waals surface area contributed by atoms with Crippen molar-refractivity contribution in [1.29, 1.82) is 0 Å². The van der Waals surface area contributed by atoms with Crippen molar-refractivity contribution >= 4 is 27.3 Å². The Bertz CT molecular complexity index is 337. The molecule has 3 nitrogen and oxygen atoms in total. The van der Waals surface area contributed by atoms with Crippen LogP contribution in [0.4, 0.5) is 11.4 Å². The third-order valence-electron chi connectivity index (χ3n) is 2.56. The molecule has 1 unspecified atom stereocenters. The van der Waals surface area contributed by atoms with Crippen LogP contribution in [0.2, 0.25) is 0 Å². The van der Waals surface area contributed by atoms with Crippen LogP contribution in [0.1, 0.15) is 20.3 Å². The van der Waals surface area contributed by atoms with Gasteiger partial charge in [-0.2, -0.15) is 0 Å². The lowest BCUT2D eigenvalue weighted by Crippen LogP contribution is -2.38. The number of anilines is 2. The summed E-state index contributed by atoms with van der Waals surface area (Å²) in [4.78, 5) is 0.